The molecular weight excluding hydrogens is 308 g/mol. The molecule has 0 bridgehead atoms. The lowest BCUT2D eigenvalue weighted by atomic mass is 10.0. The molecule has 0 aromatic heterocycles. The molecule has 2 aliphatic heterocycles. The van der Waals surface area contributed by atoms with E-state index < -0.39 is 0 Å². The van der Waals surface area contributed by atoms with Crippen molar-refractivity contribution in [3.05, 3.63) is 30.3 Å². The highest BCUT2D eigenvalue weighted by atomic mass is 15.3. The lowest BCUT2D eigenvalue weighted by Gasteiger charge is -2.35. The summed E-state index contributed by atoms with van der Waals surface area (Å²) in [5.74, 6) is 0. The summed E-state index contributed by atoms with van der Waals surface area (Å²) in [4.78, 5) is 7.88. The smallest absolute Gasteiger partial charge is 0.0388 e. The Morgan fingerprint density at radius 2 is 1.56 bits per heavy atom. The van der Waals surface area contributed by atoms with Crippen LogP contribution >= 0.6 is 0 Å². The van der Waals surface area contributed by atoms with Gasteiger partial charge in [-0.3, -0.25) is 0 Å². The van der Waals surface area contributed by atoms with Gasteiger partial charge in [0, 0.05) is 44.5 Å². The van der Waals surface area contributed by atoms with E-state index in [-0.39, 0.29) is 0 Å². The van der Waals surface area contributed by atoms with Crippen molar-refractivity contribution >= 4 is 5.69 Å². The van der Waals surface area contributed by atoms with Gasteiger partial charge in [-0.2, -0.15) is 0 Å². The number of likely N-dealkylation sites (N-methyl/N-ethyl adjacent to an activating group) is 1. The number of para-hydroxylation sites is 1. The predicted molar refractivity (Wildman–Crippen MR) is 107 cm³/mol. The van der Waals surface area contributed by atoms with Crippen molar-refractivity contribution in [2.75, 3.05) is 64.2 Å². The summed E-state index contributed by atoms with van der Waals surface area (Å²) in [5, 5.41) is 3.71. The molecule has 0 radical (unpaired) electrons. The lowest BCUT2D eigenvalue weighted by molar-refractivity contribution is 0.133. The Morgan fingerprint density at radius 1 is 0.880 bits per heavy atom. The van der Waals surface area contributed by atoms with Crippen LogP contribution in [0.25, 0.3) is 0 Å². The highest BCUT2D eigenvalue weighted by Crippen LogP contribution is 2.16. The number of piperazine rings is 1. The molecule has 4 nitrogen and oxygen atoms in total. The second-order valence-electron chi connectivity index (χ2n) is 7.63. The maximum absolute atomic E-state index is 3.71. The van der Waals surface area contributed by atoms with Gasteiger partial charge >= 0.3 is 0 Å². The monoisotopic (exact) mass is 344 g/mol. The third-order valence-corrected chi connectivity index (χ3v) is 5.76. The van der Waals surface area contributed by atoms with Crippen molar-refractivity contribution in [2.24, 2.45) is 0 Å². The Morgan fingerprint density at radius 3 is 2.28 bits per heavy atom. The molecule has 2 fully saturated rings. The van der Waals surface area contributed by atoms with Gasteiger partial charge in [0.1, 0.15) is 0 Å². The molecule has 25 heavy (non-hydrogen) atoms. The Balaban J connectivity index is 1.29. The van der Waals surface area contributed by atoms with Gasteiger partial charge in [-0.05, 0) is 64.0 Å². The van der Waals surface area contributed by atoms with Crippen LogP contribution < -0.4 is 5.32 Å². The van der Waals surface area contributed by atoms with E-state index in [1.54, 1.807) is 0 Å². The van der Waals surface area contributed by atoms with Crippen LogP contribution in [0.2, 0.25) is 0 Å². The van der Waals surface area contributed by atoms with Crippen LogP contribution in [0.5, 0.6) is 0 Å². The maximum Gasteiger partial charge on any atom is 0.0388 e. The first-order valence-electron chi connectivity index (χ1n) is 10.3. The minimum absolute atomic E-state index is 0.610. The molecule has 140 valence electrons. The van der Waals surface area contributed by atoms with Crippen LogP contribution in [0.1, 0.15) is 32.6 Å². The van der Waals surface area contributed by atoms with Crippen molar-refractivity contribution in [3.63, 3.8) is 0 Å². The van der Waals surface area contributed by atoms with Crippen LogP contribution in [-0.2, 0) is 0 Å². The molecule has 1 unspecified atom stereocenters. The van der Waals surface area contributed by atoms with E-state index in [0.29, 0.717) is 6.04 Å². The van der Waals surface area contributed by atoms with Crippen molar-refractivity contribution in [1.82, 2.24) is 14.7 Å². The molecule has 1 aromatic rings. The zero-order valence-corrected chi connectivity index (χ0v) is 16.0. The molecular formula is C21H36N4. The first kappa shape index (κ1) is 18.7. The summed E-state index contributed by atoms with van der Waals surface area (Å²) >= 11 is 0. The summed E-state index contributed by atoms with van der Waals surface area (Å²) in [5.41, 5.74) is 1.26. The molecule has 1 aromatic carbocycles. The third kappa shape index (κ3) is 6.28. The highest BCUT2D eigenvalue weighted by Gasteiger charge is 2.19. The zero-order chi connectivity index (χ0) is 17.3. The molecule has 0 spiro atoms. The van der Waals surface area contributed by atoms with Gasteiger partial charge in [-0.15, -0.1) is 0 Å². The Bertz CT molecular complexity index is 470. The van der Waals surface area contributed by atoms with Crippen LogP contribution in [0.15, 0.2) is 30.3 Å². The molecule has 0 aliphatic carbocycles. The highest BCUT2D eigenvalue weighted by molar-refractivity contribution is 5.43. The number of nitrogens with one attached hydrogen (secondary N) is 1. The minimum atomic E-state index is 0.610. The van der Waals surface area contributed by atoms with Crippen molar-refractivity contribution in [3.8, 4) is 0 Å². The van der Waals surface area contributed by atoms with Gasteiger partial charge in [-0.1, -0.05) is 25.1 Å². The average Bonchev–Trinajstić information content (AvgIpc) is 2.67. The molecule has 2 saturated heterocycles. The van der Waals surface area contributed by atoms with Crippen LogP contribution in [0, 0.1) is 0 Å². The molecule has 2 heterocycles. The first-order valence-corrected chi connectivity index (χ1v) is 10.3. The van der Waals surface area contributed by atoms with Gasteiger partial charge in [0.05, 0.1) is 0 Å². The molecule has 3 rings (SSSR count). The molecule has 0 amide bonds. The second kappa shape index (κ2) is 10.1. The normalized spacial score (nSPS) is 23.6. The number of anilines is 1. The van der Waals surface area contributed by atoms with Crippen molar-refractivity contribution in [2.45, 2.75) is 38.6 Å². The quantitative estimate of drug-likeness (QED) is 0.732. The minimum Gasteiger partial charge on any atom is -0.381 e. The lowest BCUT2D eigenvalue weighted by Crippen LogP contribution is -2.46. The standard InChI is InChI=1S/C21H36N4/c1-2-23-15-17-24(18-16-23)12-6-7-13-25-14-8-11-21(19-25)22-20-9-4-3-5-10-20/h3-5,9-10,21-22H,2,6-8,11-19H2,1H3. The number of hydrogen-bond acceptors (Lipinski definition) is 4. The number of unbranched alkanes of at least 4 members (excludes halogenated alkanes) is 1. The summed E-state index contributed by atoms with van der Waals surface area (Å²) < 4.78 is 0. The summed E-state index contributed by atoms with van der Waals surface area (Å²) in [6.45, 7) is 13.6. The Kier molecular flexibility index (Phi) is 7.58. The molecule has 4 heteroatoms. The fourth-order valence-corrected chi connectivity index (χ4v) is 4.15. The summed E-state index contributed by atoms with van der Waals surface area (Å²) in [6.07, 6.45) is 5.31. The van der Waals surface area contributed by atoms with Gasteiger partial charge in [-0.25, -0.2) is 0 Å². The van der Waals surface area contributed by atoms with E-state index in [2.05, 4.69) is 57.3 Å². The molecule has 2 aliphatic rings. The van der Waals surface area contributed by atoms with Crippen molar-refractivity contribution in [1.29, 1.82) is 0 Å². The summed E-state index contributed by atoms with van der Waals surface area (Å²) in [6, 6.07) is 11.3. The maximum atomic E-state index is 3.71. The first-order chi connectivity index (χ1) is 12.3. The largest absolute Gasteiger partial charge is 0.381 e. The van der Waals surface area contributed by atoms with Crippen LogP contribution in [-0.4, -0.2) is 79.6 Å². The fourth-order valence-electron chi connectivity index (χ4n) is 4.15. The fraction of sp³-hybridized carbons (Fsp3) is 0.714. The number of rotatable bonds is 8. The van der Waals surface area contributed by atoms with E-state index in [1.807, 2.05) is 0 Å². The SMILES string of the molecule is CCN1CCN(CCCCN2CCCC(Nc3ccccc3)C2)CC1. The topological polar surface area (TPSA) is 21.8 Å². The van der Waals surface area contributed by atoms with E-state index in [1.165, 1.54) is 90.3 Å². The van der Waals surface area contributed by atoms with Gasteiger partial charge in [0.25, 0.3) is 0 Å². The average molecular weight is 345 g/mol. The Hall–Kier alpha value is -1.10. The van der Waals surface area contributed by atoms with E-state index in [4.69, 9.17) is 0 Å². The van der Waals surface area contributed by atoms with Gasteiger partial charge < -0.3 is 20.0 Å². The number of nitrogens with zero attached hydrogens (tertiary/aromatic N) is 3. The van der Waals surface area contributed by atoms with Crippen LogP contribution in [0.4, 0.5) is 5.69 Å². The molecule has 1 atom stereocenters. The van der Waals surface area contributed by atoms with Crippen LogP contribution in [0.3, 0.4) is 0 Å². The molecule has 0 saturated carbocycles. The number of benzene rings is 1. The Labute approximate surface area is 154 Å². The number of likely N-dealkylation sites (tertiary alicyclic amines) is 1. The molecule has 1 N–H and O–H groups in total. The zero-order valence-electron chi connectivity index (χ0n) is 16.0. The number of piperidine rings is 1. The van der Waals surface area contributed by atoms with E-state index in [9.17, 15) is 0 Å². The summed E-state index contributed by atoms with van der Waals surface area (Å²) in [7, 11) is 0. The van der Waals surface area contributed by atoms with Gasteiger partial charge in [0.2, 0.25) is 0 Å². The van der Waals surface area contributed by atoms with Crippen molar-refractivity contribution < 1.29 is 0 Å². The third-order valence-electron chi connectivity index (χ3n) is 5.76. The number of hydrogen-bond donors (Lipinski definition) is 1. The van der Waals surface area contributed by atoms with E-state index in [0.717, 1.165) is 0 Å². The second-order valence-corrected chi connectivity index (χ2v) is 7.63. The van der Waals surface area contributed by atoms with Gasteiger partial charge in [0.15, 0.2) is 0 Å². The van der Waals surface area contributed by atoms with E-state index >= 15 is 0 Å². The predicted octanol–water partition coefficient (Wildman–Crippen LogP) is 2.98.